The Morgan fingerprint density at radius 1 is 1.35 bits per heavy atom. The van der Waals surface area contributed by atoms with E-state index in [1.54, 1.807) is 41.0 Å². The number of halogens is 2. The van der Waals surface area contributed by atoms with Gasteiger partial charge in [-0.25, -0.2) is 0 Å². The van der Waals surface area contributed by atoms with Crippen molar-refractivity contribution in [2.75, 3.05) is 7.05 Å². The summed E-state index contributed by atoms with van der Waals surface area (Å²) >= 11 is 0. The number of benzene rings is 1. The first-order valence-electron chi connectivity index (χ1n) is 7.76. The van der Waals surface area contributed by atoms with Crippen LogP contribution in [0, 0.1) is 0 Å². The minimum atomic E-state index is -2.87. The molecule has 7 nitrogen and oxygen atoms in total. The molecule has 0 atom stereocenters. The van der Waals surface area contributed by atoms with Gasteiger partial charge in [0, 0.05) is 38.0 Å². The van der Waals surface area contributed by atoms with E-state index in [0.29, 0.717) is 23.5 Å². The van der Waals surface area contributed by atoms with Crippen molar-refractivity contribution in [3.05, 3.63) is 54.0 Å². The predicted octanol–water partition coefficient (Wildman–Crippen LogP) is 2.68. The third-order valence-electron chi connectivity index (χ3n) is 3.71. The number of alkyl halides is 2. The number of carbonyl (C=O) groups is 1. The summed E-state index contributed by atoms with van der Waals surface area (Å²) in [5.74, 6) is -0.156. The van der Waals surface area contributed by atoms with Crippen LogP contribution in [0.5, 0.6) is 5.75 Å². The van der Waals surface area contributed by atoms with Crippen LogP contribution < -0.4 is 4.74 Å². The molecule has 0 aliphatic carbocycles. The average Bonchev–Trinajstić information content (AvgIpc) is 3.23. The number of nitrogens with one attached hydrogen (secondary N) is 1. The van der Waals surface area contributed by atoms with Gasteiger partial charge in [-0.05, 0) is 30.3 Å². The fourth-order valence-electron chi connectivity index (χ4n) is 2.49. The highest BCUT2D eigenvalue weighted by molar-refractivity contribution is 5.93. The van der Waals surface area contributed by atoms with Gasteiger partial charge in [0.25, 0.3) is 5.91 Å². The van der Waals surface area contributed by atoms with E-state index < -0.39 is 6.61 Å². The Hall–Kier alpha value is -3.23. The first-order chi connectivity index (χ1) is 12.4. The van der Waals surface area contributed by atoms with Crippen molar-refractivity contribution < 1.29 is 18.3 Å². The maximum absolute atomic E-state index is 12.5. The van der Waals surface area contributed by atoms with Crippen molar-refractivity contribution in [1.82, 2.24) is 24.9 Å². The molecule has 0 saturated carbocycles. The molecule has 1 amide bonds. The minimum Gasteiger partial charge on any atom is -0.435 e. The van der Waals surface area contributed by atoms with Crippen molar-refractivity contribution in [1.29, 1.82) is 0 Å². The van der Waals surface area contributed by atoms with Gasteiger partial charge in [0.2, 0.25) is 0 Å². The van der Waals surface area contributed by atoms with E-state index in [2.05, 4.69) is 20.0 Å². The normalized spacial score (nSPS) is 11.0. The topological polar surface area (TPSA) is 76.0 Å². The molecule has 0 fully saturated rings. The first-order valence-corrected chi connectivity index (χ1v) is 7.76. The van der Waals surface area contributed by atoms with Gasteiger partial charge in [-0.15, -0.1) is 0 Å². The standard InChI is InChI=1S/C17H17F2N5O2/c1-23(9-11-8-20-24(2)10-11)16(25)15-7-14(21-22-15)12-3-5-13(6-4-12)26-17(18)19/h3-8,10,17H,9H2,1-2H3,(H,21,22). The number of aryl methyl sites for hydroxylation is 1. The molecular formula is C17H17F2N5O2. The molecular weight excluding hydrogens is 344 g/mol. The Kier molecular flexibility index (Phi) is 4.97. The summed E-state index contributed by atoms with van der Waals surface area (Å²) in [5.41, 5.74) is 2.46. The molecule has 0 bridgehead atoms. The number of aromatic amines is 1. The monoisotopic (exact) mass is 361 g/mol. The van der Waals surface area contributed by atoms with Crippen LogP contribution in [-0.2, 0) is 13.6 Å². The van der Waals surface area contributed by atoms with Gasteiger partial charge in [0.15, 0.2) is 0 Å². The number of aromatic nitrogens is 4. The maximum atomic E-state index is 12.5. The highest BCUT2D eigenvalue weighted by Crippen LogP contribution is 2.22. The van der Waals surface area contributed by atoms with Gasteiger partial charge in [-0.3, -0.25) is 14.6 Å². The highest BCUT2D eigenvalue weighted by atomic mass is 19.3. The number of amides is 1. The Bertz CT molecular complexity index is 889. The lowest BCUT2D eigenvalue weighted by Gasteiger charge is -2.14. The fourth-order valence-corrected chi connectivity index (χ4v) is 2.49. The summed E-state index contributed by atoms with van der Waals surface area (Å²) < 4.78 is 30.3. The smallest absolute Gasteiger partial charge is 0.387 e. The van der Waals surface area contributed by atoms with E-state index in [0.717, 1.165) is 5.56 Å². The van der Waals surface area contributed by atoms with Crippen LogP contribution in [0.4, 0.5) is 8.78 Å². The molecule has 0 aliphatic heterocycles. The van der Waals surface area contributed by atoms with Crippen LogP contribution in [0.2, 0.25) is 0 Å². The molecule has 26 heavy (non-hydrogen) atoms. The number of H-pyrrole nitrogens is 1. The van der Waals surface area contributed by atoms with Crippen LogP contribution >= 0.6 is 0 Å². The van der Waals surface area contributed by atoms with E-state index in [9.17, 15) is 13.6 Å². The fraction of sp³-hybridized carbons (Fsp3) is 0.235. The Labute approximate surface area is 148 Å². The molecule has 0 aliphatic rings. The molecule has 0 unspecified atom stereocenters. The Morgan fingerprint density at radius 2 is 2.08 bits per heavy atom. The molecule has 0 radical (unpaired) electrons. The number of hydrogen-bond donors (Lipinski definition) is 1. The van der Waals surface area contributed by atoms with Gasteiger partial charge in [-0.2, -0.15) is 19.0 Å². The van der Waals surface area contributed by atoms with Crippen LogP contribution in [0.25, 0.3) is 11.3 Å². The van der Waals surface area contributed by atoms with E-state index in [1.807, 2.05) is 13.2 Å². The SMILES string of the molecule is CN(Cc1cnn(C)c1)C(=O)c1cc(-c2ccc(OC(F)F)cc2)n[nH]1. The van der Waals surface area contributed by atoms with Crippen molar-refractivity contribution >= 4 is 5.91 Å². The number of nitrogens with zero attached hydrogens (tertiary/aromatic N) is 4. The molecule has 136 valence electrons. The first kappa shape index (κ1) is 17.6. The zero-order chi connectivity index (χ0) is 18.7. The van der Waals surface area contributed by atoms with Crippen LogP contribution in [0.1, 0.15) is 16.1 Å². The lowest BCUT2D eigenvalue weighted by Crippen LogP contribution is -2.26. The molecule has 3 rings (SSSR count). The quantitative estimate of drug-likeness (QED) is 0.732. The van der Waals surface area contributed by atoms with E-state index in [4.69, 9.17) is 0 Å². The third-order valence-corrected chi connectivity index (χ3v) is 3.71. The largest absolute Gasteiger partial charge is 0.435 e. The van der Waals surface area contributed by atoms with Crippen LogP contribution in [-0.4, -0.2) is 44.4 Å². The third kappa shape index (κ3) is 4.05. The zero-order valence-corrected chi connectivity index (χ0v) is 14.2. The molecule has 2 heterocycles. The molecule has 9 heteroatoms. The van der Waals surface area contributed by atoms with Crippen LogP contribution in [0.15, 0.2) is 42.7 Å². The molecule has 1 N–H and O–H groups in total. The van der Waals surface area contributed by atoms with Gasteiger partial charge >= 0.3 is 6.61 Å². The summed E-state index contributed by atoms with van der Waals surface area (Å²) in [6, 6.07) is 7.66. The second-order valence-electron chi connectivity index (χ2n) is 5.75. The van der Waals surface area contributed by atoms with Gasteiger partial charge in [-0.1, -0.05) is 0 Å². The summed E-state index contributed by atoms with van der Waals surface area (Å²) in [6.45, 7) is -2.45. The lowest BCUT2D eigenvalue weighted by atomic mass is 10.1. The predicted molar refractivity (Wildman–Crippen MR) is 89.7 cm³/mol. The highest BCUT2D eigenvalue weighted by Gasteiger charge is 2.16. The number of rotatable bonds is 6. The number of hydrogen-bond acceptors (Lipinski definition) is 4. The van der Waals surface area contributed by atoms with E-state index >= 15 is 0 Å². The Balaban J connectivity index is 1.69. The van der Waals surface area contributed by atoms with Gasteiger partial charge in [0.05, 0.1) is 11.9 Å². The molecule has 1 aromatic carbocycles. The zero-order valence-electron chi connectivity index (χ0n) is 14.2. The van der Waals surface area contributed by atoms with E-state index in [1.165, 1.54) is 12.1 Å². The molecule has 0 saturated heterocycles. The van der Waals surface area contributed by atoms with Crippen molar-refractivity contribution in [3.63, 3.8) is 0 Å². The Morgan fingerprint density at radius 3 is 2.69 bits per heavy atom. The summed E-state index contributed by atoms with van der Waals surface area (Å²) in [4.78, 5) is 14.0. The minimum absolute atomic E-state index is 0.0618. The molecule has 2 aromatic heterocycles. The molecule has 0 spiro atoms. The van der Waals surface area contributed by atoms with Crippen molar-refractivity contribution in [2.45, 2.75) is 13.2 Å². The number of carbonyl (C=O) groups excluding carboxylic acids is 1. The summed E-state index contributed by atoms with van der Waals surface area (Å²) in [7, 11) is 3.50. The number of ether oxygens (including phenoxy) is 1. The second kappa shape index (κ2) is 7.34. The van der Waals surface area contributed by atoms with Crippen LogP contribution in [0.3, 0.4) is 0 Å². The van der Waals surface area contributed by atoms with Gasteiger partial charge < -0.3 is 9.64 Å². The molecule has 3 aromatic rings. The average molecular weight is 361 g/mol. The second-order valence-corrected chi connectivity index (χ2v) is 5.75. The van der Waals surface area contributed by atoms with E-state index in [-0.39, 0.29) is 11.7 Å². The lowest BCUT2D eigenvalue weighted by molar-refractivity contribution is -0.0498. The maximum Gasteiger partial charge on any atom is 0.387 e. The van der Waals surface area contributed by atoms with Crippen molar-refractivity contribution in [2.24, 2.45) is 7.05 Å². The van der Waals surface area contributed by atoms with Gasteiger partial charge in [0.1, 0.15) is 11.4 Å². The van der Waals surface area contributed by atoms with Crippen molar-refractivity contribution in [3.8, 4) is 17.0 Å². The summed E-state index contributed by atoms with van der Waals surface area (Å²) in [5, 5.41) is 10.9. The summed E-state index contributed by atoms with van der Waals surface area (Å²) in [6.07, 6.45) is 3.54.